The van der Waals surface area contributed by atoms with Crippen molar-refractivity contribution in [3.05, 3.63) is 60.4 Å². The van der Waals surface area contributed by atoms with Crippen molar-refractivity contribution >= 4 is 27.4 Å². The maximum atomic E-state index is 12.4. The summed E-state index contributed by atoms with van der Waals surface area (Å²) >= 11 is 0. The van der Waals surface area contributed by atoms with Crippen molar-refractivity contribution < 1.29 is 27.2 Å². The summed E-state index contributed by atoms with van der Waals surface area (Å²) in [6.45, 7) is 1.73. The monoisotopic (exact) mass is 415 g/mol. The minimum absolute atomic E-state index is 0.0160. The van der Waals surface area contributed by atoms with Crippen LogP contribution in [-0.2, 0) is 14.8 Å². The normalized spacial score (nSPS) is 15.6. The molecule has 150 valence electrons. The molecule has 2 N–H and O–H groups in total. The Hall–Kier alpha value is -3.53. The zero-order valence-electron chi connectivity index (χ0n) is 15.3. The molecule has 1 amide bonds. The molecule has 0 radical (unpaired) electrons. The van der Waals surface area contributed by atoms with Gasteiger partial charge in [-0.25, -0.2) is 8.42 Å². The first-order valence-electron chi connectivity index (χ1n) is 8.66. The Morgan fingerprint density at radius 2 is 1.83 bits per heavy atom. The molecule has 0 saturated heterocycles. The number of ether oxygens (including phenoxy) is 2. The summed E-state index contributed by atoms with van der Waals surface area (Å²) in [4.78, 5) is 12.5. The largest absolute Gasteiger partial charge is 0.485 e. The van der Waals surface area contributed by atoms with Gasteiger partial charge in [-0.2, -0.15) is 0 Å². The number of anilines is 2. The lowest BCUT2D eigenvalue weighted by Crippen LogP contribution is -2.40. The Bertz CT molecular complexity index is 1140. The lowest BCUT2D eigenvalue weighted by Gasteiger charge is -2.25. The summed E-state index contributed by atoms with van der Waals surface area (Å²) in [6.07, 6.45) is -0.814. The summed E-state index contributed by atoms with van der Waals surface area (Å²) in [6, 6.07) is 14.3. The maximum Gasteiger partial charge on any atom is 0.269 e. The van der Waals surface area contributed by atoms with Crippen molar-refractivity contribution in [2.24, 2.45) is 0 Å². The van der Waals surface area contributed by atoms with Gasteiger partial charge in [-0.05, 0) is 43.3 Å². The molecule has 2 aromatic carbocycles. The Kier molecular flexibility index (Phi) is 4.85. The molecule has 10 heteroatoms. The fourth-order valence-electron chi connectivity index (χ4n) is 2.70. The third-order valence-corrected chi connectivity index (χ3v) is 5.47. The molecule has 1 unspecified atom stereocenters. The van der Waals surface area contributed by atoms with Crippen LogP contribution in [0.1, 0.15) is 5.76 Å². The Morgan fingerprint density at radius 3 is 2.52 bits per heavy atom. The van der Waals surface area contributed by atoms with Gasteiger partial charge < -0.3 is 19.3 Å². The number of amides is 1. The third-order valence-electron chi connectivity index (χ3n) is 4.10. The molecule has 0 bridgehead atoms. The number of benzene rings is 2. The molecule has 1 atom stereocenters. The first kappa shape index (κ1) is 18.8. The van der Waals surface area contributed by atoms with Crippen LogP contribution in [0, 0.1) is 6.92 Å². The number of aromatic nitrogens is 1. The first-order chi connectivity index (χ1) is 13.9. The lowest BCUT2D eigenvalue weighted by molar-refractivity contribution is -0.125. The van der Waals surface area contributed by atoms with E-state index >= 15 is 0 Å². The number of nitrogens with one attached hydrogen (secondary N) is 2. The molecule has 0 fully saturated rings. The molecule has 9 nitrogen and oxygen atoms in total. The molecule has 4 rings (SSSR count). The average molecular weight is 415 g/mol. The predicted molar refractivity (Wildman–Crippen MR) is 103 cm³/mol. The van der Waals surface area contributed by atoms with Crippen molar-refractivity contribution in [2.75, 3.05) is 16.6 Å². The molecule has 2 heterocycles. The molecule has 1 aromatic heterocycles. The minimum Gasteiger partial charge on any atom is -0.485 e. The number of sulfonamides is 1. The van der Waals surface area contributed by atoms with Crippen molar-refractivity contribution in [1.29, 1.82) is 0 Å². The molecular formula is C19H17N3O6S. The quantitative estimate of drug-likeness (QED) is 0.657. The van der Waals surface area contributed by atoms with Gasteiger partial charge in [0, 0.05) is 11.8 Å². The van der Waals surface area contributed by atoms with Crippen molar-refractivity contribution in [3.63, 3.8) is 0 Å². The van der Waals surface area contributed by atoms with E-state index in [9.17, 15) is 13.2 Å². The van der Waals surface area contributed by atoms with Gasteiger partial charge in [0.15, 0.2) is 17.3 Å². The Morgan fingerprint density at radius 1 is 1.10 bits per heavy atom. The van der Waals surface area contributed by atoms with Crippen LogP contribution >= 0.6 is 0 Å². The highest BCUT2D eigenvalue weighted by Gasteiger charge is 2.27. The van der Waals surface area contributed by atoms with Gasteiger partial charge in [0.25, 0.3) is 15.9 Å². The van der Waals surface area contributed by atoms with E-state index in [1.165, 1.54) is 30.3 Å². The van der Waals surface area contributed by atoms with Crippen molar-refractivity contribution in [2.45, 2.75) is 17.9 Å². The number of fused-ring (bicyclic) bond motifs is 1. The van der Waals surface area contributed by atoms with Crippen LogP contribution in [-0.4, -0.2) is 32.2 Å². The summed E-state index contributed by atoms with van der Waals surface area (Å²) in [7, 11) is -3.83. The minimum atomic E-state index is -3.83. The number of para-hydroxylation sites is 2. The van der Waals surface area contributed by atoms with Crippen LogP contribution in [0.15, 0.2) is 64.0 Å². The van der Waals surface area contributed by atoms with Crippen LogP contribution in [0.4, 0.5) is 11.5 Å². The van der Waals surface area contributed by atoms with Crippen LogP contribution in [0.25, 0.3) is 0 Å². The molecule has 3 aromatic rings. The van der Waals surface area contributed by atoms with Gasteiger partial charge in [0.05, 0.1) is 4.90 Å². The predicted octanol–water partition coefficient (Wildman–Crippen LogP) is 2.56. The molecule has 0 spiro atoms. The molecule has 1 aliphatic heterocycles. The molecule has 0 aliphatic carbocycles. The molecule has 0 saturated carbocycles. The topological polar surface area (TPSA) is 120 Å². The van der Waals surface area contributed by atoms with Crippen LogP contribution in [0.2, 0.25) is 0 Å². The first-order valence-corrected chi connectivity index (χ1v) is 10.1. The van der Waals surface area contributed by atoms with Gasteiger partial charge >= 0.3 is 0 Å². The van der Waals surface area contributed by atoms with E-state index in [-0.39, 0.29) is 17.3 Å². The smallest absolute Gasteiger partial charge is 0.269 e. The summed E-state index contributed by atoms with van der Waals surface area (Å²) < 4.78 is 43.1. The maximum absolute atomic E-state index is 12.4. The van der Waals surface area contributed by atoms with E-state index in [0.29, 0.717) is 22.9 Å². The van der Waals surface area contributed by atoms with Crippen LogP contribution < -0.4 is 19.5 Å². The van der Waals surface area contributed by atoms with Gasteiger partial charge in [-0.15, -0.1) is 0 Å². The summed E-state index contributed by atoms with van der Waals surface area (Å²) in [5.74, 6) is 1.26. The fourth-order valence-corrected chi connectivity index (χ4v) is 3.68. The Balaban J connectivity index is 1.41. The van der Waals surface area contributed by atoms with E-state index in [4.69, 9.17) is 14.0 Å². The second kappa shape index (κ2) is 7.47. The van der Waals surface area contributed by atoms with Gasteiger partial charge in [0.2, 0.25) is 6.10 Å². The zero-order chi connectivity index (χ0) is 20.4. The number of aryl methyl sites for hydroxylation is 1. The second-order valence-corrected chi connectivity index (χ2v) is 7.99. The summed E-state index contributed by atoms with van der Waals surface area (Å²) in [5, 5.41) is 6.29. The number of nitrogens with zero attached hydrogens (tertiary/aromatic N) is 1. The van der Waals surface area contributed by atoms with Gasteiger partial charge in [0.1, 0.15) is 12.4 Å². The van der Waals surface area contributed by atoms with Crippen molar-refractivity contribution in [1.82, 2.24) is 5.16 Å². The molecule has 29 heavy (non-hydrogen) atoms. The highest BCUT2D eigenvalue weighted by molar-refractivity contribution is 7.92. The standard InChI is InChI=1S/C19H17N3O6S/c1-12-10-18(21-28-12)22-29(24,25)14-8-6-13(7-9-14)20-19(23)17-11-26-15-4-2-3-5-16(15)27-17/h2-10,17H,11H2,1H3,(H,20,23)(H,21,22). The van der Waals surface area contributed by atoms with Crippen molar-refractivity contribution in [3.8, 4) is 11.5 Å². The molecular weight excluding hydrogens is 398 g/mol. The second-order valence-electron chi connectivity index (χ2n) is 6.31. The van der Waals surface area contributed by atoms with E-state index in [1.54, 1.807) is 25.1 Å². The lowest BCUT2D eigenvalue weighted by atomic mass is 10.2. The van der Waals surface area contributed by atoms with Gasteiger partial charge in [-0.3, -0.25) is 9.52 Å². The highest BCUT2D eigenvalue weighted by atomic mass is 32.2. The number of rotatable bonds is 5. The summed E-state index contributed by atoms with van der Waals surface area (Å²) in [5.41, 5.74) is 0.425. The number of carbonyl (C=O) groups excluding carboxylic acids is 1. The SMILES string of the molecule is Cc1cc(NS(=O)(=O)c2ccc(NC(=O)C3COc4ccccc4O3)cc2)no1. The number of hydrogen-bond donors (Lipinski definition) is 2. The van der Waals surface area contributed by atoms with E-state index in [0.717, 1.165) is 0 Å². The third kappa shape index (κ3) is 4.16. The number of hydrogen-bond acceptors (Lipinski definition) is 7. The highest BCUT2D eigenvalue weighted by Crippen LogP contribution is 2.31. The average Bonchev–Trinajstić information content (AvgIpc) is 3.12. The zero-order valence-corrected chi connectivity index (χ0v) is 16.1. The van der Waals surface area contributed by atoms with E-state index in [2.05, 4.69) is 15.2 Å². The van der Waals surface area contributed by atoms with E-state index in [1.807, 2.05) is 6.07 Å². The molecule has 1 aliphatic rings. The fraction of sp³-hybridized carbons (Fsp3) is 0.158. The van der Waals surface area contributed by atoms with Crippen LogP contribution in [0.5, 0.6) is 11.5 Å². The van der Waals surface area contributed by atoms with Crippen LogP contribution in [0.3, 0.4) is 0 Å². The Labute approximate surface area is 166 Å². The van der Waals surface area contributed by atoms with Gasteiger partial charge in [-0.1, -0.05) is 17.3 Å². The van der Waals surface area contributed by atoms with E-state index < -0.39 is 22.0 Å². The number of carbonyl (C=O) groups is 1.